The SMILES string of the molecule is O[C@H]1COCCN(Cc2cnc(-c3cccs3)nc2)C1. The Morgan fingerprint density at radius 3 is 3.00 bits per heavy atom. The summed E-state index contributed by atoms with van der Waals surface area (Å²) < 4.78 is 5.32. The summed E-state index contributed by atoms with van der Waals surface area (Å²) in [5.74, 6) is 0.767. The predicted molar refractivity (Wildman–Crippen MR) is 77.4 cm³/mol. The van der Waals surface area contributed by atoms with E-state index < -0.39 is 6.10 Å². The molecule has 3 rings (SSSR count). The highest BCUT2D eigenvalue weighted by atomic mass is 32.1. The first kappa shape index (κ1) is 13.6. The second kappa shape index (κ2) is 6.41. The highest BCUT2D eigenvalue weighted by molar-refractivity contribution is 7.13. The maximum Gasteiger partial charge on any atom is 0.169 e. The second-order valence-corrected chi connectivity index (χ2v) is 5.80. The molecule has 6 heteroatoms. The van der Waals surface area contributed by atoms with Crippen molar-refractivity contribution in [2.75, 3.05) is 26.3 Å². The first-order chi connectivity index (χ1) is 9.81. The van der Waals surface area contributed by atoms with Crippen molar-refractivity contribution in [3.63, 3.8) is 0 Å². The van der Waals surface area contributed by atoms with Crippen molar-refractivity contribution in [2.24, 2.45) is 0 Å². The monoisotopic (exact) mass is 291 g/mol. The Morgan fingerprint density at radius 2 is 2.25 bits per heavy atom. The minimum absolute atomic E-state index is 0.413. The lowest BCUT2D eigenvalue weighted by Gasteiger charge is -2.20. The molecular formula is C14H17N3O2S. The summed E-state index contributed by atoms with van der Waals surface area (Å²) in [4.78, 5) is 12.1. The van der Waals surface area contributed by atoms with Gasteiger partial charge in [-0.05, 0) is 11.4 Å². The quantitative estimate of drug-likeness (QED) is 0.926. The molecule has 1 N–H and O–H groups in total. The van der Waals surface area contributed by atoms with Crippen LogP contribution in [0.4, 0.5) is 0 Å². The molecule has 2 aromatic heterocycles. The van der Waals surface area contributed by atoms with Crippen molar-refractivity contribution >= 4 is 11.3 Å². The summed E-state index contributed by atoms with van der Waals surface area (Å²) in [6.45, 7) is 3.27. The Morgan fingerprint density at radius 1 is 1.40 bits per heavy atom. The molecule has 3 heterocycles. The number of rotatable bonds is 3. The Bertz CT molecular complexity index is 530. The van der Waals surface area contributed by atoms with Gasteiger partial charge in [-0.25, -0.2) is 9.97 Å². The molecule has 20 heavy (non-hydrogen) atoms. The molecule has 1 saturated heterocycles. The Hall–Kier alpha value is -1.34. The molecule has 0 aromatic carbocycles. The fraction of sp³-hybridized carbons (Fsp3) is 0.429. The smallest absolute Gasteiger partial charge is 0.169 e. The van der Waals surface area contributed by atoms with Gasteiger partial charge in [0.2, 0.25) is 0 Å². The third-order valence-electron chi connectivity index (χ3n) is 3.18. The Kier molecular flexibility index (Phi) is 4.37. The summed E-state index contributed by atoms with van der Waals surface area (Å²) in [6, 6.07) is 4.01. The van der Waals surface area contributed by atoms with Crippen LogP contribution in [0.25, 0.3) is 10.7 Å². The van der Waals surface area contributed by atoms with E-state index >= 15 is 0 Å². The van der Waals surface area contributed by atoms with Gasteiger partial charge >= 0.3 is 0 Å². The largest absolute Gasteiger partial charge is 0.389 e. The van der Waals surface area contributed by atoms with Gasteiger partial charge in [0.1, 0.15) is 0 Å². The van der Waals surface area contributed by atoms with E-state index in [4.69, 9.17) is 4.74 Å². The second-order valence-electron chi connectivity index (χ2n) is 4.86. The third-order valence-corrected chi connectivity index (χ3v) is 4.05. The molecule has 1 aliphatic heterocycles. The lowest BCUT2D eigenvalue weighted by Crippen LogP contribution is -2.32. The van der Waals surface area contributed by atoms with Crippen LogP contribution in [-0.4, -0.2) is 52.4 Å². The fourth-order valence-electron chi connectivity index (χ4n) is 2.23. The van der Waals surface area contributed by atoms with Crippen LogP contribution in [0.3, 0.4) is 0 Å². The highest BCUT2D eigenvalue weighted by Gasteiger charge is 2.16. The zero-order valence-corrected chi connectivity index (χ0v) is 11.9. The van der Waals surface area contributed by atoms with E-state index in [9.17, 15) is 5.11 Å². The molecule has 0 bridgehead atoms. The van der Waals surface area contributed by atoms with Crippen LogP contribution in [0.5, 0.6) is 0 Å². The van der Waals surface area contributed by atoms with Crippen LogP contribution in [0.15, 0.2) is 29.9 Å². The van der Waals surface area contributed by atoms with Crippen molar-refractivity contribution in [2.45, 2.75) is 12.6 Å². The van der Waals surface area contributed by atoms with Gasteiger partial charge in [0.05, 0.1) is 24.2 Å². The molecule has 106 valence electrons. The Labute approximate surface area is 121 Å². The zero-order valence-electron chi connectivity index (χ0n) is 11.1. The van der Waals surface area contributed by atoms with Crippen molar-refractivity contribution < 1.29 is 9.84 Å². The molecule has 1 aliphatic rings. The number of thiophene rings is 1. The lowest BCUT2D eigenvalue weighted by molar-refractivity contribution is 0.0562. The molecule has 0 amide bonds. The average molecular weight is 291 g/mol. The molecule has 0 aliphatic carbocycles. The molecule has 0 spiro atoms. The number of β-amino-alcohol motifs (C(OH)–C–C–N with tert-alkyl or cyclic N) is 1. The topological polar surface area (TPSA) is 58.5 Å². The number of aliphatic hydroxyl groups is 1. The molecule has 0 saturated carbocycles. The van der Waals surface area contributed by atoms with E-state index in [2.05, 4.69) is 14.9 Å². The van der Waals surface area contributed by atoms with Gasteiger partial charge in [-0.3, -0.25) is 4.90 Å². The van der Waals surface area contributed by atoms with Crippen LogP contribution in [0.1, 0.15) is 5.56 Å². The van der Waals surface area contributed by atoms with Gasteiger partial charge in [-0.1, -0.05) is 6.07 Å². The number of aliphatic hydroxyl groups excluding tert-OH is 1. The fourth-order valence-corrected chi connectivity index (χ4v) is 2.90. The number of hydrogen-bond donors (Lipinski definition) is 1. The minimum Gasteiger partial charge on any atom is -0.389 e. The molecule has 1 atom stereocenters. The highest BCUT2D eigenvalue weighted by Crippen LogP contribution is 2.20. The van der Waals surface area contributed by atoms with Crippen LogP contribution in [-0.2, 0) is 11.3 Å². The third kappa shape index (κ3) is 3.40. The van der Waals surface area contributed by atoms with Crippen LogP contribution in [0, 0.1) is 0 Å². The molecular weight excluding hydrogens is 274 g/mol. The van der Waals surface area contributed by atoms with Crippen molar-refractivity contribution in [1.82, 2.24) is 14.9 Å². The van der Waals surface area contributed by atoms with E-state index in [0.29, 0.717) is 19.8 Å². The van der Waals surface area contributed by atoms with E-state index in [1.54, 1.807) is 11.3 Å². The summed E-state index contributed by atoms with van der Waals surface area (Å²) in [5, 5.41) is 11.7. The van der Waals surface area contributed by atoms with E-state index in [1.807, 2.05) is 29.9 Å². The normalized spacial score (nSPS) is 20.8. The van der Waals surface area contributed by atoms with Crippen LogP contribution >= 0.6 is 11.3 Å². The summed E-state index contributed by atoms with van der Waals surface area (Å²) in [7, 11) is 0. The molecule has 0 radical (unpaired) electrons. The maximum atomic E-state index is 9.71. The predicted octanol–water partition coefficient (Wildman–Crippen LogP) is 1.40. The minimum atomic E-state index is -0.413. The number of nitrogens with zero attached hydrogens (tertiary/aromatic N) is 3. The standard InChI is InChI=1S/C14H17N3O2S/c18-12-9-17(3-4-19-10-12)8-11-6-15-14(16-7-11)13-2-1-5-20-13/h1-2,5-7,12,18H,3-4,8-10H2/t12-/m1/s1. The number of ether oxygens (including phenoxy) is 1. The van der Waals surface area contributed by atoms with Gasteiger partial charge in [0, 0.05) is 37.6 Å². The summed E-state index contributed by atoms with van der Waals surface area (Å²) >= 11 is 1.64. The van der Waals surface area contributed by atoms with Crippen LogP contribution in [0.2, 0.25) is 0 Å². The molecule has 1 fully saturated rings. The number of hydrogen-bond acceptors (Lipinski definition) is 6. The first-order valence-corrected chi connectivity index (χ1v) is 7.52. The van der Waals surface area contributed by atoms with Gasteiger partial charge in [0.25, 0.3) is 0 Å². The number of aromatic nitrogens is 2. The van der Waals surface area contributed by atoms with Gasteiger partial charge in [-0.2, -0.15) is 0 Å². The molecule has 5 nitrogen and oxygen atoms in total. The molecule has 0 unspecified atom stereocenters. The van der Waals surface area contributed by atoms with Crippen LogP contribution < -0.4 is 0 Å². The van der Waals surface area contributed by atoms with E-state index in [0.717, 1.165) is 29.4 Å². The Balaban J connectivity index is 1.65. The van der Waals surface area contributed by atoms with Crippen molar-refractivity contribution in [1.29, 1.82) is 0 Å². The van der Waals surface area contributed by atoms with Gasteiger partial charge in [-0.15, -0.1) is 11.3 Å². The molecule has 2 aromatic rings. The zero-order chi connectivity index (χ0) is 13.8. The summed E-state index contributed by atoms with van der Waals surface area (Å²) in [5.41, 5.74) is 1.06. The van der Waals surface area contributed by atoms with E-state index in [-0.39, 0.29) is 0 Å². The van der Waals surface area contributed by atoms with E-state index in [1.165, 1.54) is 0 Å². The van der Waals surface area contributed by atoms with Gasteiger partial charge < -0.3 is 9.84 Å². The first-order valence-electron chi connectivity index (χ1n) is 6.64. The average Bonchev–Trinajstić information content (AvgIpc) is 2.91. The maximum absolute atomic E-state index is 9.71. The summed E-state index contributed by atoms with van der Waals surface area (Å²) in [6.07, 6.45) is 3.31. The van der Waals surface area contributed by atoms with Gasteiger partial charge in [0.15, 0.2) is 5.82 Å². The van der Waals surface area contributed by atoms with Crippen molar-refractivity contribution in [3.05, 3.63) is 35.5 Å². The van der Waals surface area contributed by atoms with Crippen molar-refractivity contribution in [3.8, 4) is 10.7 Å². The lowest BCUT2D eigenvalue weighted by atomic mass is 10.2.